The van der Waals surface area contributed by atoms with E-state index in [1.54, 1.807) is 12.1 Å². The number of carboxylic acid groups (broad SMARTS) is 1. The Labute approximate surface area is 120 Å². The maximum atomic E-state index is 12.8. The first-order valence-corrected chi connectivity index (χ1v) is 6.55. The molecule has 6 nitrogen and oxygen atoms in total. The van der Waals surface area contributed by atoms with Gasteiger partial charge in [0.25, 0.3) is 6.43 Å². The van der Waals surface area contributed by atoms with Crippen LogP contribution < -0.4 is 0 Å². The first-order chi connectivity index (χ1) is 10.1. The Bertz CT molecular complexity index is 780. The topological polar surface area (TPSA) is 81.1 Å². The van der Waals surface area contributed by atoms with Crippen LogP contribution in [0.15, 0.2) is 34.3 Å². The Morgan fingerprint density at radius 1 is 1.48 bits per heavy atom. The molecule has 0 spiro atoms. The van der Waals surface area contributed by atoms with Crippen molar-refractivity contribution in [2.45, 2.75) is 6.43 Å². The van der Waals surface area contributed by atoms with E-state index in [0.717, 1.165) is 16.0 Å². The Balaban J connectivity index is 2.13. The molecule has 0 atom stereocenters. The number of carbonyl (C=O) groups is 1. The standard InChI is InChI=1S/C12H7F2N3O3S/c13-10(14)6-4-8(9-2-1-3-20-9)17(16-6)12-15-7(5-21-12)11(18)19/h1-5,10H,(H,18,19). The molecule has 3 aromatic heterocycles. The molecule has 108 valence electrons. The number of thiazole rings is 1. The molecule has 0 aliphatic carbocycles. The van der Waals surface area contributed by atoms with E-state index in [1.165, 1.54) is 17.7 Å². The second-order valence-corrected chi connectivity index (χ2v) is 4.80. The monoisotopic (exact) mass is 311 g/mol. The SMILES string of the molecule is O=C(O)c1csc(-n2nc(C(F)F)cc2-c2ccco2)n1. The van der Waals surface area contributed by atoms with Gasteiger partial charge in [-0.15, -0.1) is 11.3 Å². The van der Waals surface area contributed by atoms with Crippen molar-refractivity contribution in [2.75, 3.05) is 0 Å². The molecule has 3 heterocycles. The van der Waals surface area contributed by atoms with Gasteiger partial charge in [0.2, 0.25) is 5.13 Å². The third kappa shape index (κ3) is 2.42. The molecule has 0 amide bonds. The van der Waals surface area contributed by atoms with Gasteiger partial charge in [-0.1, -0.05) is 0 Å². The smallest absolute Gasteiger partial charge is 0.355 e. The molecular formula is C12H7F2N3O3S. The van der Waals surface area contributed by atoms with Gasteiger partial charge in [0.05, 0.1) is 6.26 Å². The number of carboxylic acids is 1. The van der Waals surface area contributed by atoms with E-state index in [4.69, 9.17) is 9.52 Å². The van der Waals surface area contributed by atoms with Crippen molar-refractivity contribution in [1.29, 1.82) is 0 Å². The summed E-state index contributed by atoms with van der Waals surface area (Å²) in [4.78, 5) is 14.7. The van der Waals surface area contributed by atoms with Gasteiger partial charge in [-0.05, 0) is 18.2 Å². The van der Waals surface area contributed by atoms with Crippen LogP contribution in [0.2, 0.25) is 0 Å². The third-order valence-electron chi connectivity index (χ3n) is 2.62. The molecule has 3 rings (SSSR count). The summed E-state index contributed by atoms with van der Waals surface area (Å²) in [5, 5.41) is 14.1. The summed E-state index contributed by atoms with van der Waals surface area (Å²) in [6.07, 6.45) is -1.35. The maximum absolute atomic E-state index is 12.8. The van der Waals surface area contributed by atoms with Crippen molar-refractivity contribution < 1.29 is 23.1 Å². The van der Waals surface area contributed by atoms with Crippen molar-refractivity contribution in [3.05, 3.63) is 41.2 Å². The highest BCUT2D eigenvalue weighted by molar-refractivity contribution is 7.12. The molecule has 0 unspecified atom stereocenters. The normalized spacial score (nSPS) is 11.2. The van der Waals surface area contributed by atoms with E-state index in [0.29, 0.717) is 5.76 Å². The average molecular weight is 311 g/mol. The highest BCUT2D eigenvalue weighted by atomic mass is 32.1. The minimum absolute atomic E-state index is 0.172. The van der Waals surface area contributed by atoms with Gasteiger partial charge >= 0.3 is 5.97 Å². The summed E-state index contributed by atoms with van der Waals surface area (Å²) in [6, 6.07) is 4.39. The van der Waals surface area contributed by atoms with Gasteiger partial charge in [0, 0.05) is 5.38 Å². The van der Waals surface area contributed by atoms with Crippen molar-refractivity contribution in [3.63, 3.8) is 0 Å². The van der Waals surface area contributed by atoms with Crippen LogP contribution in [0.3, 0.4) is 0 Å². The number of alkyl halides is 2. The number of hydrogen-bond donors (Lipinski definition) is 1. The fourth-order valence-corrected chi connectivity index (χ4v) is 2.47. The molecule has 0 bridgehead atoms. The number of furan rings is 1. The molecule has 0 saturated heterocycles. The summed E-state index contributed by atoms with van der Waals surface area (Å²) in [5.74, 6) is -0.861. The van der Waals surface area contributed by atoms with Gasteiger partial charge < -0.3 is 9.52 Å². The van der Waals surface area contributed by atoms with Crippen LogP contribution in [0, 0.1) is 0 Å². The summed E-state index contributed by atoms with van der Waals surface area (Å²) in [7, 11) is 0. The molecule has 0 fully saturated rings. The van der Waals surface area contributed by atoms with Crippen LogP contribution >= 0.6 is 11.3 Å². The third-order valence-corrected chi connectivity index (χ3v) is 3.43. The van der Waals surface area contributed by atoms with E-state index in [9.17, 15) is 13.6 Å². The van der Waals surface area contributed by atoms with Gasteiger partial charge in [-0.25, -0.2) is 23.2 Å². The second-order valence-electron chi connectivity index (χ2n) is 3.96. The van der Waals surface area contributed by atoms with Gasteiger partial charge in [-0.3, -0.25) is 0 Å². The Hall–Kier alpha value is -2.55. The minimum atomic E-state index is -2.75. The largest absolute Gasteiger partial charge is 0.476 e. The average Bonchev–Trinajstić information content (AvgIpc) is 3.18. The molecule has 9 heteroatoms. The Morgan fingerprint density at radius 3 is 2.86 bits per heavy atom. The fraction of sp³-hybridized carbons (Fsp3) is 0.0833. The molecule has 0 aliphatic heterocycles. The predicted molar refractivity (Wildman–Crippen MR) is 68.9 cm³/mol. The van der Waals surface area contributed by atoms with Gasteiger partial charge in [0.15, 0.2) is 11.5 Å². The molecule has 0 aromatic carbocycles. The van der Waals surface area contributed by atoms with E-state index in [-0.39, 0.29) is 16.5 Å². The van der Waals surface area contributed by atoms with Crippen LogP contribution in [0.5, 0.6) is 0 Å². The van der Waals surface area contributed by atoms with E-state index in [1.807, 2.05) is 0 Å². The highest BCUT2D eigenvalue weighted by Crippen LogP contribution is 2.29. The Morgan fingerprint density at radius 2 is 2.29 bits per heavy atom. The minimum Gasteiger partial charge on any atom is -0.476 e. The van der Waals surface area contributed by atoms with E-state index < -0.39 is 18.1 Å². The number of rotatable bonds is 4. The van der Waals surface area contributed by atoms with E-state index in [2.05, 4.69) is 10.1 Å². The van der Waals surface area contributed by atoms with Crippen molar-refractivity contribution in [1.82, 2.24) is 14.8 Å². The summed E-state index contributed by atoms with van der Waals surface area (Å²) < 4.78 is 32.0. The highest BCUT2D eigenvalue weighted by Gasteiger charge is 2.21. The first kappa shape index (κ1) is 13.4. The van der Waals surface area contributed by atoms with Crippen LogP contribution in [0.1, 0.15) is 22.6 Å². The maximum Gasteiger partial charge on any atom is 0.355 e. The molecule has 0 radical (unpaired) electrons. The lowest BCUT2D eigenvalue weighted by Crippen LogP contribution is -2.01. The van der Waals surface area contributed by atoms with Crippen molar-refractivity contribution in [3.8, 4) is 16.6 Å². The molecule has 21 heavy (non-hydrogen) atoms. The molecule has 0 aliphatic rings. The van der Waals surface area contributed by atoms with Crippen LogP contribution in [-0.2, 0) is 0 Å². The van der Waals surface area contributed by atoms with Gasteiger partial charge in [-0.2, -0.15) is 5.10 Å². The zero-order chi connectivity index (χ0) is 15.0. The molecule has 3 aromatic rings. The lowest BCUT2D eigenvalue weighted by molar-refractivity contribution is 0.0691. The number of aromatic carboxylic acids is 1. The molecule has 0 saturated carbocycles. The van der Waals surface area contributed by atoms with Crippen LogP contribution in [-0.4, -0.2) is 25.8 Å². The number of hydrogen-bond acceptors (Lipinski definition) is 5. The van der Waals surface area contributed by atoms with Crippen LogP contribution in [0.4, 0.5) is 8.78 Å². The quantitative estimate of drug-likeness (QED) is 0.800. The van der Waals surface area contributed by atoms with Crippen molar-refractivity contribution in [2.24, 2.45) is 0 Å². The summed E-state index contributed by atoms with van der Waals surface area (Å²) >= 11 is 0.989. The number of aromatic nitrogens is 3. The molecular weight excluding hydrogens is 304 g/mol. The zero-order valence-electron chi connectivity index (χ0n) is 10.2. The number of halogens is 2. The Kier molecular flexibility index (Phi) is 3.26. The first-order valence-electron chi connectivity index (χ1n) is 5.67. The van der Waals surface area contributed by atoms with E-state index >= 15 is 0 Å². The number of nitrogens with zero attached hydrogens (tertiary/aromatic N) is 3. The molecule has 1 N–H and O–H groups in total. The van der Waals surface area contributed by atoms with Crippen molar-refractivity contribution >= 4 is 17.3 Å². The second kappa shape index (κ2) is 5.09. The lowest BCUT2D eigenvalue weighted by Gasteiger charge is -2.00. The summed E-state index contributed by atoms with van der Waals surface area (Å²) in [6.45, 7) is 0. The van der Waals surface area contributed by atoms with Crippen LogP contribution in [0.25, 0.3) is 16.6 Å². The zero-order valence-corrected chi connectivity index (χ0v) is 11.1. The fourth-order valence-electron chi connectivity index (χ4n) is 1.71. The lowest BCUT2D eigenvalue weighted by atomic mass is 10.3. The predicted octanol–water partition coefficient (Wildman–Crippen LogP) is 3.22. The van der Waals surface area contributed by atoms with Gasteiger partial charge in [0.1, 0.15) is 11.4 Å². The summed E-state index contributed by atoms with van der Waals surface area (Å²) in [5.41, 5.74) is -0.329.